The lowest BCUT2D eigenvalue weighted by molar-refractivity contribution is -0.0695. The van der Waals surface area contributed by atoms with Crippen LogP contribution in [0.4, 0.5) is 13.2 Å². The van der Waals surface area contributed by atoms with Crippen LogP contribution in [0, 0.1) is 0 Å². The molecule has 0 spiro atoms. The first-order valence-corrected chi connectivity index (χ1v) is 7.40. The maximum atomic E-state index is 13.4. The highest BCUT2D eigenvalue weighted by Gasteiger charge is 2.36. The van der Waals surface area contributed by atoms with E-state index < -0.39 is 11.7 Å². The highest BCUT2D eigenvalue weighted by atomic mass is 19.4. The molecule has 3 rings (SSSR count). The molecule has 0 radical (unpaired) electrons. The minimum Gasteiger partial charge on any atom is -0.166 e. The molecule has 0 amide bonds. The van der Waals surface area contributed by atoms with Gasteiger partial charge in [0.15, 0.2) is 0 Å². The van der Waals surface area contributed by atoms with Gasteiger partial charge < -0.3 is 0 Å². The van der Waals surface area contributed by atoms with Gasteiger partial charge >= 0.3 is 6.18 Å². The van der Waals surface area contributed by atoms with Crippen molar-refractivity contribution < 1.29 is 13.2 Å². The van der Waals surface area contributed by atoms with Gasteiger partial charge in [0.2, 0.25) is 0 Å². The molecule has 0 aliphatic heterocycles. The number of hydrogen-bond acceptors (Lipinski definition) is 0. The molecule has 0 aromatic heterocycles. The van der Waals surface area contributed by atoms with E-state index in [0.717, 1.165) is 16.7 Å². The Labute approximate surface area is 128 Å². The van der Waals surface area contributed by atoms with Crippen LogP contribution in [0.15, 0.2) is 48.0 Å². The summed E-state index contributed by atoms with van der Waals surface area (Å²) in [5, 5.41) is 0. The van der Waals surface area contributed by atoms with Crippen LogP contribution in [0.25, 0.3) is 16.7 Å². The van der Waals surface area contributed by atoms with Crippen molar-refractivity contribution >= 4 is 5.57 Å². The SMILES string of the molecule is CC/C(C)=C(/c1ccc2c(c1)Cc1ccccc1-2)C(F)(F)F. The highest BCUT2D eigenvalue weighted by Crippen LogP contribution is 2.42. The Hall–Kier alpha value is -2.03. The second kappa shape index (κ2) is 5.31. The molecule has 0 unspecified atom stereocenters. The molecular weight excluding hydrogens is 285 g/mol. The van der Waals surface area contributed by atoms with Crippen LogP contribution in [-0.2, 0) is 6.42 Å². The Morgan fingerprint density at radius 2 is 1.68 bits per heavy atom. The van der Waals surface area contributed by atoms with Crippen molar-refractivity contribution in [3.05, 3.63) is 64.7 Å². The van der Waals surface area contributed by atoms with Crippen LogP contribution < -0.4 is 0 Å². The topological polar surface area (TPSA) is 0 Å². The van der Waals surface area contributed by atoms with Crippen molar-refractivity contribution in [2.24, 2.45) is 0 Å². The van der Waals surface area contributed by atoms with Gasteiger partial charge in [-0.05, 0) is 47.6 Å². The fraction of sp³-hybridized carbons (Fsp3) is 0.263. The van der Waals surface area contributed by atoms with E-state index in [2.05, 4.69) is 0 Å². The maximum absolute atomic E-state index is 13.4. The molecule has 0 N–H and O–H groups in total. The summed E-state index contributed by atoms with van der Waals surface area (Å²) in [5.74, 6) is 0. The summed E-state index contributed by atoms with van der Waals surface area (Å²) in [7, 11) is 0. The van der Waals surface area contributed by atoms with Crippen molar-refractivity contribution in [1.82, 2.24) is 0 Å². The van der Waals surface area contributed by atoms with Crippen molar-refractivity contribution in [2.45, 2.75) is 32.9 Å². The zero-order chi connectivity index (χ0) is 15.9. The van der Waals surface area contributed by atoms with Crippen LogP contribution in [-0.4, -0.2) is 6.18 Å². The lowest BCUT2D eigenvalue weighted by atomic mass is 9.95. The van der Waals surface area contributed by atoms with E-state index in [0.29, 0.717) is 18.4 Å². The first-order valence-electron chi connectivity index (χ1n) is 7.40. The smallest absolute Gasteiger partial charge is 0.166 e. The summed E-state index contributed by atoms with van der Waals surface area (Å²) >= 11 is 0. The van der Waals surface area contributed by atoms with Crippen molar-refractivity contribution in [2.75, 3.05) is 0 Å². The Bertz CT molecular complexity index is 752. The Morgan fingerprint density at radius 1 is 1.00 bits per heavy atom. The number of halogens is 3. The van der Waals surface area contributed by atoms with Gasteiger partial charge in [0.1, 0.15) is 0 Å². The molecule has 0 nitrogen and oxygen atoms in total. The Balaban J connectivity index is 2.11. The Morgan fingerprint density at radius 3 is 2.36 bits per heavy atom. The molecule has 0 atom stereocenters. The zero-order valence-electron chi connectivity index (χ0n) is 12.6. The normalized spacial score (nSPS) is 14.4. The average molecular weight is 302 g/mol. The van der Waals surface area contributed by atoms with Gasteiger partial charge in [0.05, 0.1) is 5.57 Å². The molecule has 3 heteroatoms. The van der Waals surface area contributed by atoms with Gasteiger partial charge in [0.25, 0.3) is 0 Å². The fourth-order valence-electron chi connectivity index (χ4n) is 3.13. The fourth-order valence-corrected chi connectivity index (χ4v) is 3.13. The lowest BCUT2D eigenvalue weighted by Gasteiger charge is -2.16. The van der Waals surface area contributed by atoms with Crippen LogP contribution in [0.1, 0.15) is 37.0 Å². The summed E-state index contributed by atoms with van der Waals surface area (Å²) in [6.45, 7) is 3.31. The molecule has 2 aromatic carbocycles. The Kier molecular flexibility index (Phi) is 3.59. The monoisotopic (exact) mass is 302 g/mol. The molecule has 1 aliphatic rings. The third-order valence-corrected chi connectivity index (χ3v) is 4.32. The van der Waals surface area contributed by atoms with E-state index in [-0.39, 0.29) is 5.56 Å². The van der Waals surface area contributed by atoms with Crippen LogP contribution in [0.2, 0.25) is 0 Å². The lowest BCUT2D eigenvalue weighted by Crippen LogP contribution is -2.13. The predicted molar refractivity (Wildman–Crippen MR) is 83.6 cm³/mol. The van der Waals surface area contributed by atoms with Crippen LogP contribution >= 0.6 is 0 Å². The number of rotatable bonds is 2. The molecule has 2 aromatic rings. The van der Waals surface area contributed by atoms with Gasteiger partial charge in [-0.2, -0.15) is 13.2 Å². The highest BCUT2D eigenvalue weighted by molar-refractivity contribution is 5.81. The first-order chi connectivity index (χ1) is 10.4. The summed E-state index contributed by atoms with van der Waals surface area (Å²) < 4.78 is 40.2. The number of allylic oxidation sites excluding steroid dienone is 2. The van der Waals surface area contributed by atoms with E-state index in [1.54, 1.807) is 26.0 Å². The van der Waals surface area contributed by atoms with Crippen molar-refractivity contribution in [3.63, 3.8) is 0 Å². The molecule has 0 heterocycles. The van der Waals surface area contributed by atoms with Crippen molar-refractivity contribution in [3.8, 4) is 11.1 Å². The van der Waals surface area contributed by atoms with E-state index in [9.17, 15) is 13.2 Å². The van der Waals surface area contributed by atoms with Gasteiger partial charge in [-0.3, -0.25) is 0 Å². The minimum atomic E-state index is -4.32. The summed E-state index contributed by atoms with van der Waals surface area (Å²) in [6, 6.07) is 13.1. The molecule has 0 saturated carbocycles. The average Bonchev–Trinajstić information content (AvgIpc) is 2.83. The van der Waals surface area contributed by atoms with E-state index >= 15 is 0 Å². The second-order valence-electron chi connectivity index (χ2n) is 5.71. The predicted octanol–water partition coefficient (Wildman–Crippen LogP) is 6.00. The molecule has 0 saturated heterocycles. The second-order valence-corrected chi connectivity index (χ2v) is 5.71. The largest absolute Gasteiger partial charge is 0.416 e. The number of hydrogen-bond donors (Lipinski definition) is 0. The summed E-state index contributed by atoms with van der Waals surface area (Å²) in [5.41, 5.74) is 4.50. The number of alkyl halides is 3. The zero-order valence-corrected chi connectivity index (χ0v) is 12.6. The number of benzene rings is 2. The number of fused-ring (bicyclic) bond motifs is 3. The van der Waals surface area contributed by atoms with Crippen molar-refractivity contribution in [1.29, 1.82) is 0 Å². The molecule has 0 bridgehead atoms. The van der Waals surface area contributed by atoms with Gasteiger partial charge in [-0.25, -0.2) is 0 Å². The van der Waals surface area contributed by atoms with E-state index in [1.165, 1.54) is 5.56 Å². The van der Waals surface area contributed by atoms with Crippen LogP contribution in [0.3, 0.4) is 0 Å². The molecule has 22 heavy (non-hydrogen) atoms. The van der Waals surface area contributed by atoms with Gasteiger partial charge in [-0.1, -0.05) is 55.0 Å². The molecular formula is C19H17F3. The molecule has 114 valence electrons. The van der Waals surface area contributed by atoms with Gasteiger partial charge in [-0.15, -0.1) is 0 Å². The first kappa shape index (κ1) is 14.9. The van der Waals surface area contributed by atoms with Gasteiger partial charge in [0, 0.05) is 0 Å². The maximum Gasteiger partial charge on any atom is 0.416 e. The molecule has 1 aliphatic carbocycles. The molecule has 0 fully saturated rings. The third kappa shape index (κ3) is 2.45. The third-order valence-electron chi connectivity index (χ3n) is 4.32. The standard InChI is InChI=1S/C19H17F3/c1-3-12(2)18(19(20,21)22)14-8-9-17-15(11-14)10-13-6-4-5-7-16(13)17/h4-9,11H,3,10H2,1-2H3/b18-12-. The quantitative estimate of drug-likeness (QED) is 0.544. The summed E-state index contributed by atoms with van der Waals surface area (Å²) in [6.07, 6.45) is -3.22. The van der Waals surface area contributed by atoms with E-state index in [4.69, 9.17) is 0 Å². The van der Waals surface area contributed by atoms with E-state index in [1.807, 2.05) is 30.3 Å². The summed E-state index contributed by atoms with van der Waals surface area (Å²) in [4.78, 5) is 0. The minimum absolute atomic E-state index is 0.276. The van der Waals surface area contributed by atoms with Crippen LogP contribution in [0.5, 0.6) is 0 Å².